The number of nitrogens with one attached hydrogen (secondary N) is 2. The first-order valence-corrected chi connectivity index (χ1v) is 7.64. The number of piperidine rings is 1. The molecule has 0 aliphatic carbocycles. The number of carbonyl (C=O) groups excluding carboxylic acids is 1. The zero-order valence-corrected chi connectivity index (χ0v) is 11.2. The van der Waals surface area contributed by atoms with E-state index in [0.29, 0.717) is 18.4 Å². The Bertz CT molecular complexity index is 196. The summed E-state index contributed by atoms with van der Waals surface area (Å²) >= 11 is 1.80. The van der Waals surface area contributed by atoms with Gasteiger partial charge in [0.25, 0.3) is 0 Å². The molecular weight excluding hydrogens is 220 g/mol. The van der Waals surface area contributed by atoms with E-state index in [0.717, 1.165) is 38.1 Å². The number of rotatable bonds is 6. The van der Waals surface area contributed by atoms with E-state index in [-0.39, 0.29) is 5.91 Å². The Morgan fingerprint density at radius 3 is 2.75 bits per heavy atom. The van der Waals surface area contributed by atoms with Crippen molar-refractivity contribution in [2.45, 2.75) is 38.6 Å². The van der Waals surface area contributed by atoms with Gasteiger partial charge < -0.3 is 10.6 Å². The summed E-state index contributed by atoms with van der Waals surface area (Å²) in [6.45, 7) is 4.27. The minimum absolute atomic E-state index is 0.243. The van der Waals surface area contributed by atoms with E-state index < -0.39 is 0 Å². The fraction of sp³-hybridized carbons (Fsp3) is 0.917. The predicted octanol–water partition coefficient (Wildman–Crippen LogP) is 1.63. The molecule has 0 bridgehead atoms. The fourth-order valence-electron chi connectivity index (χ4n) is 2.10. The third-order valence-corrected chi connectivity index (χ3v) is 3.89. The largest absolute Gasteiger partial charge is 0.353 e. The van der Waals surface area contributed by atoms with E-state index in [2.05, 4.69) is 23.8 Å². The van der Waals surface area contributed by atoms with Gasteiger partial charge in [-0.25, -0.2) is 0 Å². The van der Waals surface area contributed by atoms with Gasteiger partial charge in [-0.15, -0.1) is 0 Å². The Morgan fingerprint density at radius 1 is 1.50 bits per heavy atom. The third kappa shape index (κ3) is 5.21. The van der Waals surface area contributed by atoms with Crippen molar-refractivity contribution in [3.8, 4) is 0 Å². The summed E-state index contributed by atoms with van der Waals surface area (Å²) in [5.41, 5.74) is 0. The van der Waals surface area contributed by atoms with E-state index in [1.165, 1.54) is 0 Å². The second-order valence-corrected chi connectivity index (χ2v) is 5.44. The van der Waals surface area contributed by atoms with Crippen LogP contribution in [0.4, 0.5) is 0 Å². The van der Waals surface area contributed by atoms with Crippen LogP contribution in [0, 0.1) is 5.92 Å². The average Bonchev–Trinajstić information content (AvgIpc) is 2.29. The first-order chi connectivity index (χ1) is 7.76. The SMILES string of the molecule is CCC(CSC)NC(=O)CC1CCNCC1. The van der Waals surface area contributed by atoms with Crippen LogP contribution in [0.25, 0.3) is 0 Å². The highest BCUT2D eigenvalue weighted by atomic mass is 32.2. The molecule has 1 atom stereocenters. The molecule has 0 saturated carbocycles. The highest BCUT2D eigenvalue weighted by Crippen LogP contribution is 2.15. The Morgan fingerprint density at radius 2 is 2.19 bits per heavy atom. The number of thioether (sulfide) groups is 1. The molecule has 1 amide bonds. The first kappa shape index (κ1) is 13.8. The van der Waals surface area contributed by atoms with Gasteiger partial charge in [0.1, 0.15) is 0 Å². The van der Waals surface area contributed by atoms with Crippen molar-refractivity contribution in [2.75, 3.05) is 25.1 Å². The number of hydrogen-bond acceptors (Lipinski definition) is 3. The molecule has 3 nitrogen and oxygen atoms in total. The number of hydrogen-bond donors (Lipinski definition) is 2. The van der Waals surface area contributed by atoms with Crippen LogP contribution in [0.15, 0.2) is 0 Å². The molecule has 1 rings (SSSR count). The highest BCUT2D eigenvalue weighted by Gasteiger charge is 2.18. The maximum Gasteiger partial charge on any atom is 0.220 e. The maximum absolute atomic E-state index is 11.8. The Labute approximate surface area is 103 Å². The summed E-state index contributed by atoms with van der Waals surface area (Å²) < 4.78 is 0. The van der Waals surface area contributed by atoms with Crippen molar-refractivity contribution < 1.29 is 4.79 Å². The lowest BCUT2D eigenvalue weighted by Crippen LogP contribution is -2.38. The van der Waals surface area contributed by atoms with Gasteiger partial charge >= 0.3 is 0 Å². The normalized spacial score (nSPS) is 19.4. The third-order valence-electron chi connectivity index (χ3n) is 3.16. The van der Waals surface area contributed by atoms with Crippen LogP contribution in [-0.4, -0.2) is 37.0 Å². The molecule has 0 aromatic heterocycles. The molecule has 4 heteroatoms. The predicted molar refractivity (Wildman–Crippen MR) is 70.8 cm³/mol. The Balaban J connectivity index is 2.22. The molecule has 0 aromatic rings. The van der Waals surface area contributed by atoms with E-state index in [9.17, 15) is 4.79 Å². The quantitative estimate of drug-likeness (QED) is 0.746. The van der Waals surface area contributed by atoms with Gasteiger partial charge in [0.15, 0.2) is 0 Å². The molecule has 1 saturated heterocycles. The molecule has 16 heavy (non-hydrogen) atoms. The van der Waals surface area contributed by atoms with Gasteiger partial charge in [-0.1, -0.05) is 6.92 Å². The maximum atomic E-state index is 11.8. The van der Waals surface area contributed by atoms with E-state index in [1.54, 1.807) is 11.8 Å². The summed E-state index contributed by atoms with van der Waals surface area (Å²) in [5.74, 6) is 1.86. The first-order valence-electron chi connectivity index (χ1n) is 6.25. The molecule has 1 unspecified atom stereocenters. The topological polar surface area (TPSA) is 41.1 Å². The van der Waals surface area contributed by atoms with E-state index in [1.807, 2.05) is 0 Å². The highest BCUT2D eigenvalue weighted by molar-refractivity contribution is 7.98. The van der Waals surface area contributed by atoms with Gasteiger partial charge in [-0.3, -0.25) is 4.79 Å². The average molecular weight is 244 g/mol. The van der Waals surface area contributed by atoms with Gasteiger partial charge in [0, 0.05) is 18.2 Å². The standard InChI is InChI=1S/C12H24N2OS/c1-3-11(9-16-2)14-12(15)8-10-4-6-13-7-5-10/h10-11,13H,3-9H2,1-2H3,(H,14,15). The van der Waals surface area contributed by atoms with Crippen molar-refractivity contribution in [3.05, 3.63) is 0 Å². The number of carbonyl (C=O) groups is 1. The number of amides is 1. The molecule has 94 valence electrons. The summed E-state index contributed by atoms with van der Waals surface area (Å²) in [6.07, 6.45) is 6.12. The van der Waals surface area contributed by atoms with Crippen LogP contribution in [0.2, 0.25) is 0 Å². The minimum atomic E-state index is 0.243. The molecule has 1 heterocycles. The van der Waals surface area contributed by atoms with Crippen molar-refractivity contribution in [1.29, 1.82) is 0 Å². The lowest BCUT2D eigenvalue weighted by Gasteiger charge is -2.23. The molecule has 0 radical (unpaired) electrons. The second-order valence-electron chi connectivity index (χ2n) is 4.53. The van der Waals surface area contributed by atoms with Crippen LogP contribution in [-0.2, 0) is 4.79 Å². The molecule has 1 fully saturated rings. The van der Waals surface area contributed by atoms with E-state index >= 15 is 0 Å². The Kier molecular flexibility index (Phi) is 6.88. The minimum Gasteiger partial charge on any atom is -0.353 e. The molecular formula is C12H24N2OS. The molecule has 2 N–H and O–H groups in total. The lowest BCUT2D eigenvalue weighted by atomic mass is 9.94. The van der Waals surface area contributed by atoms with Crippen LogP contribution >= 0.6 is 11.8 Å². The molecule has 0 spiro atoms. The van der Waals surface area contributed by atoms with Crippen molar-refractivity contribution in [1.82, 2.24) is 10.6 Å². The van der Waals surface area contributed by atoms with Crippen molar-refractivity contribution >= 4 is 17.7 Å². The van der Waals surface area contributed by atoms with Crippen molar-refractivity contribution in [3.63, 3.8) is 0 Å². The van der Waals surface area contributed by atoms with Crippen molar-refractivity contribution in [2.24, 2.45) is 5.92 Å². The molecule has 0 aromatic carbocycles. The zero-order chi connectivity index (χ0) is 11.8. The van der Waals surface area contributed by atoms with E-state index in [4.69, 9.17) is 0 Å². The monoisotopic (exact) mass is 244 g/mol. The summed E-state index contributed by atoms with van der Waals surface area (Å²) in [5, 5.41) is 6.46. The van der Waals surface area contributed by atoms with Gasteiger partial charge in [-0.05, 0) is 44.5 Å². The summed E-state index contributed by atoms with van der Waals surface area (Å²) in [7, 11) is 0. The Hall–Kier alpha value is -0.220. The summed E-state index contributed by atoms with van der Waals surface area (Å²) in [6, 6.07) is 0.351. The van der Waals surface area contributed by atoms with Crippen LogP contribution < -0.4 is 10.6 Å². The zero-order valence-electron chi connectivity index (χ0n) is 10.4. The van der Waals surface area contributed by atoms with Crippen LogP contribution in [0.3, 0.4) is 0 Å². The second kappa shape index (κ2) is 7.96. The smallest absolute Gasteiger partial charge is 0.220 e. The fourth-order valence-corrected chi connectivity index (χ4v) is 2.82. The summed E-state index contributed by atoms with van der Waals surface area (Å²) in [4.78, 5) is 11.8. The van der Waals surface area contributed by atoms with Gasteiger partial charge in [0.05, 0.1) is 0 Å². The lowest BCUT2D eigenvalue weighted by molar-refractivity contribution is -0.122. The molecule has 1 aliphatic rings. The van der Waals surface area contributed by atoms with Gasteiger partial charge in [-0.2, -0.15) is 11.8 Å². The van der Waals surface area contributed by atoms with Gasteiger partial charge in [0.2, 0.25) is 5.91 Å². The van der Waals surface area contributed by atoms with Crippen LogP contribution in [0.5, 0.6) is 0 Å². The van der Waals surface area contributed by atoms with Crippen LogP contribution in [0.1, 0.15) is 32.6 Å². The molecule has 1 aliphatic heterocycles.